The summed E-state index contributed by atoms with van der Waals surface area (Å²) in [6, 6.07) is 9.14. The lowest BCUT2D eigenvalue weighted by atomic mass is 9.53. The van der Waals surface area contributed by atoms with Crippen molar-refractivity contribution >= 4 is 5.69 Å². The zero-order valence-electron chi connectivity index (χ0n) is 12.0. The maximum atomic E-state index is 3.94. The van der Waals surface area contributed by atoms with Crippen LogP contribution in [0.4, 0.5) is 5.69 Å². The van der Waals surface area contributed by atoms with Crippen LogP contribution in [-0.2, 0) is 6.42 Å². The van der Waals surface area contributed by atoms with E-state index in [0.717, 1.165) is 24.2 Å². The molecule has 0 spiro atoms. The predicted octanol–water partition coefficient (Wildman–Crippen LogP) is 4.63. The van der Waals surface area contributed by atoms with Crippen molar-refractivity contribution in [1.29, 1.82) is 0 Å². The van der Waals surface area contributed by atoms with Crippen LogP contribution in [0.5, 0.6) is 0 Å². The van der Waals surface area contributed by atoms with Crippen LogP contribution in [0.3, 0.4) is 0 Å². The average Bonchev–Trinajstić information content (AvgIpc) is 2.37. The summed E-state index contributed by atoms with van der Waals surface area (Å²) in [5.74, 6) is 3.07. The van der Waals surface area contributed by atoms with E-state index >= 15 is 0 Å². The van der Waals surface area contributed by atoms with Crippen LogP contribution in [0.1, 0.15) is 51.0 Å². The third-order valence-electron chi connectivity index (χ3n) is 5.81. The Morgan fingerprint density at radius 2 is 1.47 bits per heavy atom. The molecule has 4 aliphatic carbocycles. The number of hydrogen-bond donors (Lipinski definition) is 1. The highest BCUT2D eigenvalue weighted by Gasteiger charge is 2.50. The molecule has 1 aromatic carbocycles. The number of nitrogens with one attached hydrogen (secondary N) is 1. The summed E-state index contributed by atoms with van der Waals surface area (Å²) in [5, 5.41) is 3.94. The van der Waals surface area contributed by atoms with Crippen LogP contribution in [0.2, 0.25) is 0 Å². The fourth-order valence-corrected chi connectivity index (χ4v) is 5.39. The van der Waals surface area contributed by atoms with Gasteiger partial charge in [-0.15, -0.1) is 0 Å². The van der Waals surface area contributed by atoms with Crippen molar-refractivity contribution in [3.05, 3.63) is 29.8 Å². The van der Waals surface area contributed by atoms with Crippen LogP contribution in [0.25, 0.3) is 0 Å². The lowest BCUT2D eigenvalue weighted by Gasteiger charge is -2.57. The standard InChI is InChI=1S/C18H25N/c1-2-13-3-5-17(6-4-13)19-18-10-14-7-15(11-18)9-16(8-14)12-18/h3-6,14-16,19H,2,7-12H2,1H3. The van der Waals surface area contributed by atoms with Crippen molar-refractivity contribution < 1.29 is 0 Å². The summed E-state index contributed by atoms with van der Waals surface area (Å²) in [7, 11) is 0. The quantitative estimate of drug-likeness (QED) is 0.830. The first-order valence-electron chi connectivity index (χ1n) is 8.12. The minimum atomic E-state index is 0.447. The Kier molecular flexibility index (Phi) is 2.65. The monoisotopic (exact) mass is 255 g/mol. The molecule has 4 saturated carbocycles. The highest BCUT2D eigenvalue weighted by Crippen LogP contribution is 2.56. The lowest BCUT2D eigenvalue weighted by molar-refractivity contribution is 0.0107. The predicted molar refractivity (Wildman–Crippen MR) is 80.3 cm³/mol. The van der Waals surface area contributed by atoms with Crippen LogP contribution < -0.4 is 5.32 Å². The smallest absolute Gasteiger partial charge is 0.0381 e. The summed E-state index contributed by atoms with van der Waals surface area (Å²) in [6.45, 7) is 2.22. The van der Waals surface area contributed by atoms with Crippen molar-refractivity contribution in [2.24, 2.45) is 17.8 Å². The Bertz CT molecular complexity index is 424. The molecule has 1 aromatic rings. The van der Waals surface area contributed by atoms with Crippen molar-refractivity contribution in [3.63, 3.8) is 0 Å². The molecule has 1 nitrogen and oxygen atoms in total. The first kappa shape index (κ1) is 11.8. The Morgan fingerprint density at radius 3 is 1.95 bits per heavy atom. The van der Waals surface area contributed by atoms with Gasteiger partial charge in [-0.05, 0) is 80.4 Å². The molecule has 0 saturated heterocycles. The van der Waals surface area contributed by atoms with Crippen molar-refractivity contribution in [2.45, 2.75) is 57.4 Å². The zero-order chi connectivity index (χ0) is 12.9. The summed E-state index contributed by atoms with van der Waals surface area (Å²) in [4.78, 5) is 0. The van der Waals surface area contributed by atoms with E-state index < -0.39 is 0 Å². The van der Waals surface area contributed by atoms with Gasteiger partial charge in [0.2, 0.25) is 0 Å². The minimum Gasteiger partial charge on any atom is -0.380 e. The average molecular weight is 255 g/mol. The van der Waals surface area contributed by atoms with Gasteiger partial charge in [0.1, 0.15) is 0 Å². The van der Waals surface area contributed by atoms with E-state index in [-0.39, 0.29) is 0 Å². The fourth-order valence-electron chi connectivity index (χ4n) is 5.39. The molecule has 4 aliphatic rings. The Labute approximate surface area is 116 Å². The summed E-state index contributed by atoms with van der Waals surface area (Å²) in [5.41, 5.74) is 3.23. The third kappa shape index (κ3) is 2.07. The van der Waals surface area contributed by atoms with E-state index in [2.05, 4.69) is 36.5 Å². The molecule has 0 aliphatic heterocycles. The van der Waals surface area contributed by atoms with Crippen LogP contribution in [0.15, 0.2) is 24.3 Å². The Balaban J connectivity index is 1.55. The molecule has 0 atom stereocenters. The summed E-state index contributed by atoms with van der Waals surface area (Å²) >= 11 is 0. The van der Waals surface area contributed by atoms with Gasteiger partial charge in [0.25, 0.3) is 0 Å². The lowest BCUT2D eigenvalue weighted by Crippen LogP contribution is -2.54. The maximum absolute atomic E-state index is 3.94. The van der Waals surface area contributed by atoms with Crippen LogP contribution >= 0.6 is 0 Å². The molecule has 1 heteroatoms. The fraction of sp³-hybridized carbons (Fsp3) is 0.667. The van der Waals surface area contributed by atoms with Gasteiger partial charge >= 0.3 is 0 Å². The molecule has 0 amide bonds. The largest absolute Gasteiger partial charge is 0.380 e. The van der Waals surface area contributed by atoms with Crippen LogP contribution in [-0.4, -0.2) is 5.54 Å². The van der Waals surface area contributed by atoms with Gasteiger partial charge in [-0.25, -0.2) is 0 Å². The van der Waals surface area contributed by atoms with Crippen molar-refractivity contribution in [3.8, 4) is 0 Å². The molecule has 0 unspecified atom stereocenters. The van der Waals surface area contributed by atoms with Crippen molar-refractivity contribution in [2.75, 3.05) is 5.32 Å². The third-order valence-corrected chi connectivity index (χ3v) is 5.81. The van der Waals surface area contributed by atoms with E-state index in [0.29, 0.717) is 5.54 Å². The molecule has 4 fully saturated rings. The molecule has 0 heterocycles. The molecule has 4 bridgehead atoms. The Hall–Kier alpha value is -0.980. The summed E-state index contributed by atoms with van der Waals surface area (Å²) in [6.07, 6.45) is 9.98. The van der Waals surface area contributed by atoms with E-state index in [1.165, 1.54) is 49.8 Å². The van der Waals surface area contributed by atoms with Crippen LogP contribution in [0, 0.1) is 17.8 Å². The first-order valence-corrected chi connectivity index (χ1v) is 8.12. The minimum absolute atomic E-state index is 0.447. The molecule has 19 heavy (non-hydrogen) atoms. The van der Waals surface area contributed by atoms with Gasteiger partial charge in [0.05, 0.1) is 0 Å². The van der Waals surface area contributed by atoms with E-state index in [4.69, 9.17) is 0 Å². The molecular weight excluding hydrogens is 230 g/mol. The highest BCUT2D eigenvalue weighted by molar-refractivity contribution is 5.47. The number of hydrogen-bond acceptors (Lipinski definition) is 1. The Morgan fingerprint density at radius 1 is 0.947 bits per heavy atom. The second kappa shape index (κ2) is 4.26. The second-order valence-corrected chi connectivity index (χ2v) is 7.37. The van der Waals surface area contributed by atoms with Gasteiger partial charge in [0.15, 0.2) is 0 Å². The highest BCUT2D eigenvalue weighted by atomic mass is 15.0. The van der Waals surface area contributed by atoms with E-state index in [1.807, 2.05) is 0 Å². The van der Waals surface area contributed by atoms with Gasteiger partial charge in [0, 0.05) is 11.2 Å². The first-order chi connectivity index (χ1) is 9.25. The second-order valence-electron chi connectivity index (χ2n) is 7.37. The van der Waals surface area contributed by atoms with E-state index in [1.54, 1.807) is 0 Å². The molecule has 102 valence electrons. The molecule has 1 N–H and O–H groups in total. The summed E-state index contributed by atoms with van der Waals surface area (Å²) < 4.78 is 0. The molecule has 0 aromatic heterocycles. The molecule has 0 radical (unpaired) electrons. The topological polar surface area (TPSA) is 12.0 Å². The molecule has 5 rings (SSSR count). The normalized spacial score (nSPS) is 39.5. The number of benzene rings is 1. The van der Waals surface area contributed by atoms with E-state index in [9.17, 15) is 0 Å². The number of aryl methyl sites for hydroxylation is 1. The van der Waals surface area contributed by atoms with Gasteiger partial charge in [-0.3, -0.25) is 0 Å². The zero-order valence-corrected chi connectivity index (χ0v) is 12.0. The van der Waals surface area contributed by atoms with Gasteiger partial charge in [-0.2, -0.15) is 0 Å². The van der Waals surface area contributed by atoms with Gasteiger partial charge < -0.3 is 5.32 Å². The van der Waals surface area contributed by atoms with Gasteiger partial charge in [-0.1, -0.05) is 19.1 Å². The number of anilines is 1. The number of rotatable bonds is 3. The molecular formula is C18H25N. The SMILES string of the molecule is CCc1ccc(NC23CC4CC(CC(C4)C2)C3)cc1. The maximum Gasteiger partial charge on any atom is 0.0381 e. The van der Waals surface area contributed by atoms with Crippen molar-refractivity contribution in [1.82, 2.24) is 0 Å².